The Balaban J connectivity index is 0.00000320. The van der Waals surface area contributed by atoms with Crippen molar-refractivity contribution >= 4 is 21.8 Å². The summed E-state index contributed by atoms with van der Waals surface area (Å²) >= 11 is 0. The Morgan fingerprint density at radius 1 is 1.03 bits per heavy atom. The van der Waals surface area contributed by atoms with Gasteiger partial charge in [0.1, 0.15) is 6.04 Å². The number of likely N-dealkylation sites (tertiary alicyclic amines) is 1. The first-order valence-electron chi connectivity index (χ1n) is 10.5. The van der Waals surface area contributed by atoms with Crippen molar-refractivity contribution in [2.45, 2.75) is 81.8 Å². The van der Waals surface area contributed by atoms with Crippen LogP contribution in [0.5, 0.6) is 0 Å². The van der Waals surface area contributed by atoms with Crippen molar-refractivity contribution in [2.24, 2.45) is 0 Å². The van der Waals surface area contributed by atoms with E-state index in [1.165, 1.54) is 30.4 Å². The van der Waals surface area contributed by atoms with Crippen molar-refractivity contribution in [1.29, 1.82) is 0 Å². The van der Waals surface area contributed by atoms with Crippen molar-refractivity contribution in [2.75, 3.05) is 6.54 Å². The van der Waals surface area contributed by atoms with E-state index in [1.54, 1.807) is 12.1 Å². The summed E-state index contributed by atoms with van der Waals surface area (Å²) in [6.45, 7) is 3.88. The Morgan fingerprint density at radius 3 is 2.30 bits per heavy atom. The third-order valence-electron chi connectivity index (χ3n) is 5.82. The molecule has 3 rings (SSSR count). The van der Waals surface area contributed by atoms with Crippen molar-refractivity contribution < 1.29 is 23.5 Å². The first kappa shape index (κ1) is 24.3. The van der Waals surface area contributed by atoms with Gasteiger partial charge < -0.3 is 15.7 Å². The molecule has 8 nitrogen and oxygen atoms in total. The van der Waals surface area contributed by atoms with Gasteiger partial charge >= 0.3 is 0 Å². The predicted octanol–water partition coefficient (Wildman–Crippen LogP) is 1.28. The molecule has 1 heterocycles. The van der Waals surface area contributed by atoms with E-state index in [2.05, 4.69) is 10.0 Å². The van der Waals surface area contributed by atoms with Crippen molar-refractivity contribution in [3.63, 3.8) is 0 Å². The lowest BCUT2D eigenvalue weighted by molar-refractivity contribution is -0.139. The number of hydrogen-bond donors (Lipinski definition) is 2. The summed E-state index contributed by atoms with van der Waals surface area (Å²) in [5.74, 6) is -0.474. The number of amides is 2. The second kappa shape index (κ2) is 10.4. The minimum absolute atomic E-state index is 0. The maximum absolute atomic E-state index is 12.9. The molecular formula is C21H33N3O5S. The number of rotatable bonds is 6. The number of aryl methyl sites for hydroxylation is 1. The molecule has 9 heteroatoms. The van der Waals surface area contributed by atoms with Gasteiger partial charge in [-0.05, 0) is 51.7 Å². The first-order chi connectivity index (χ1) is 13.8. The van der Waals surface area contributed by atoms with Crippen molar-refractivity contribution in [3.8, 4) is 0 Å². The number of benzene rings is 1. The third kappa shape index (κ3) is 5.80. The first-order valence-corrected chi connectivity index (χ1v) is 12.0. The summed E-state index contributed by atoms with van der Waals surface area (Å²) in [4.78, 5) is 27.3. The molecule has 1 saturated heterocycles. The summed E-state index contributed by atoms with van der Waals surface area (Å²) < 4.78 is 27.6. The van der Waals surface area contributed by atoms with Crippen LogP contribution in [0.4, 0.5) is 0 Å². The highest BCUT2D eigenvalue weighted by atomic mass is 32.2. The zero-order chi connectivity index (χ0) is 21.0. The zero-order valence-corrected chi connectivity index (χ0v) is 18.5. The van der Waals surface area contributed by atoms with Gasteiger partial charge in [0.2, 0.25) is 21.8 Å². The number of sulfonamides is 1. The summed E-state index contributed by atoms with van der Waals surface area (Å²) in [5.41, 5.74) is 0.956. The Hall–Kier alpha value is -1.97. The molecule has 4 N–H and O–H groups in total. The Kier molecular flexibility index (Phi) is 8.40. The van der Waals surface area contributed by atoms with Crippen LogP contribution in [-0.2, 0) is 19.6 Å². The van der Waals surface area contributed by atoms with E-state index in [0.717, 1.165) is 37.7 Å². The molecule has 1 aliphatic carbocycles. The topological polar surface area (TPSA) is 127 Å². The largest absolute Gasteiger partial charge is 0.412 e. The summed E-state index contributed by atoms with van der Waals surface area (Å²) in [6.07, 6.45) is 6.77. The number of carbonyl (C=O) groups excluding carboxylic acids is 2. The average molecular weight is 440 g/mol. The normalized spacial score (nSPS) is 21.0. The molecule has 0 unspecified atom stereocenters. The van der Waals surface area contributed by atoms with Gasteiger partial charge in [-0.3, -0.25) is 9.59 Å². The molecule has 2 atom stereocenters. The molecule has 2 fully saturated rings. The second-order valence-electron chi connectivity index (χ2n) is 8.19. The molecule has 30 heavy (non-hydrogen) atoms. The fraction of sp³-hybridized carbons (Fsp3) is 0.619. The molecule has 0 radical (unpaired) electrons. The van der Waals surface area contributed by atoms with E-state index in [0.29, 0.717) is 13.0 Å². The van der Waals surface area contributed by atoms with Gasteiger partial charge in [0, 0.05) is 12.6 Å². The van der Waals surface area contributed by atoms with Gasteiger partial charge in [0.25, 0.3) is 0 Å². The smallest absolute Gasteiger partial charge is 0.243 e. The minimum Gasteiger partial charge on any atom is -0.412 e. The lowest BCUT2D eigenvalue weighted by atomic mass is 9.95. The Bertz CT molecular complexity index is 835. The quantitative estimate of drug-likeness (QED) is 0.692. The van der Waals surface area contributed by atoms with Gasteiger partial charge in [-0.25, -0.2) is 8.42 Å². The van der Waals surface area contributed by atoms with Gasteiger partial charge in [-0.2, -0.15) is 4.72 Å². The molecule has 1 aromatic rings. The summed E-state index contributed by atoms with van der Waals surface area (Å²) in [7, 11) is -3.81. The van der Waals surface area contributed by atoms with Crippen molar-refractivity contribution in [1.82, 2.24) is 14.9 Å². The van der Waals surface area contributed by atoms with E-state index in [-0.39, 0.29) is 28.2 Å². The monoisotopic (exact) mass is 439 g/mol. The molecule has 2 amide bonds. The molecule has 0 aromatic heterocycles. The van der Waals surface area contributed by atoms with Crippen LogP contribution in [0.15, 0.2) is 29.2 Å². The lowest BCUT2D eigenvalue weighted by Crippen LogP contribution is -2.53. The zero-order valence-electron chi connectivity index (χ0n) is 17.7. The number of nitrogens with zero attached hydrogens (tertiary/aromatic N) is 1. The fourth-order valence-electron chi connectivity index (χ4n) is 4.16. The van der Waals surface area contributed by atoms with E-state index in [1.807, 2.05) is 6.92 Å². The van der Waals surface area contributed by atoms with E-state index in [9.17, 15) is 18.0 Å². The highest BCUT2D eigenvalue weighted by Crippen LogP contribution is 2.22. The van der Waals surface area contributed by atoms with E-state index >= 15 is 0 Å². The summed E-state index contributed by atoms with van der Waals surface area (Å²) in [5, 5.41) is 3.09. The maximum atomic E-state index is 12.9. The van der Waals surface area contributed by atoms with Gasteiger partial charge in [0.05, 0.1) is 10.9 Å². The minimum atomic E-state index is -3.81. The van der Waals surface area contributed by atoms with Crippen LogP contribution in [0, 0.1) is 6.92 Å². The van der Waals surface area contributed by atoms with Crippen LogP contribution in [0.3, 0.4) is 0 Å². The second-order valence-corrected chi connectivity index (χ2v) is 9.90. The van der Waals surface area contributed by atoms with Gasteiger partial charge in [-0.15, -0.1) is 0 Å². The molecule has 2 aliphatic rings. The molecular weight excluding hydrogens is 406 g/mol. The van der Waals surface area contributed by atoms with Crippen LogP contribution in [0.25, 0.3) is 0 Å². The Labute approximate surface area is 178 Å². The standard InChI is InChI=1S/C21H31N3O4S.H2O/c1-15-10-12-18(13-11-15)29(27,28)23-16(2)21(26)24-14-6-9-19(24)20(25)22-17-7-4-3-5-8-17;/h10-13,16-17,19,23H,3-9,14H2,1-2H3,(H,22,25);1H2/t16-,19-;/m0./s1. The maximum Gasteiger partial charge on any atom is 0.243 e. The van der Waals surface area contributed by atoms with Crippen molar-refractivity contribution in [3.05, 3.63) is 29.8 Å². The summed E-state index contributed by atoms with van der Waals surface area (Å²) in [6, 6.07) is 5.20. The fourth-order valence-corrected chi connectivity index (χ4v) is 5.36. The molecule has 0 bridgehead atoms. The SMILES string of the molecule is Cc1ccc(S(=O)(=O)N[C@@H](C)C(=O)N2CCC[C@H]2C(=O)NC2CCCCC2)cc1.O. The molecule has 0 spiro atoms. The molecule has 1 aliphatic heterocycles. The average Bonchev–Trinajstić information content (AvgIpc) is 3.18. The third-order valence-corrected chi connectivity index (χ3v) is 7.38. The Morgan fingerprint density at radius 2 is 1.67 bits per heavy atom. The van der Waals surface area contributed by atoms with Crippen LogP contribution in [0.1, 0.15) is 57.4 Å². The van der Waals surface area contributed by atoms with Crippen LogP contribution >= 0.6 is 0 Å². The molecule has 168 valence electrons. The highest BCUT2D eigenvalue weighted by molar-refractivity contribution is 7.89. The number of carbonyl (C=O) groups is 2. The van der Waals surface area contributed by atoms with Gasteiger partial charge in [0.15, 0.2) is 0 Å². The number of hydrogen-bond acceptors (Lipinski definition) is 4. The van der Waals surface area contributed by atoms with Gasteiger partial charge in [-0.1, -0.05) is 37.0 Å². The molecule has 1 saturated carbocycles. The number of nitrogens with one attached hydrogen (secondary N) is 2. The molecule has 1 aromatic carbocycles. The van der Waals surface area contributed by atoms with E-state index < -0.39 is 22.1 Å². The lowest BCUT2D eigenvalue weighted by Gasteiger charge is -2.29. The predicted molar refractivity (Wildman–Crippen MR) is 114 cm³/mol. The van der Waals surface area contributed by atoms with E-state index in [4.69, 9.17) is 0 Å². The van der Waals surface area contributed by atoms with Crippen LogP contribution in [0.2, 0.25) is 0 Å². The van der Waals surface area contributed by atoms with Crippen LogP contribution < -0.4 is 10.0 Å². The van der Waals surface area contributed by atoms with Crippen LogP contribution in [-0.4, -0.2) is 55.3 Å². The highest BCUT2D eigenvalue weighted by Gasteiger charge is 2.37.